The van der Waals surface area contributed by atoms with Crippen LogP contribution in [0.3, 0.4) is 0 Å². The number of amides is 2. The molecule has 0 aliphatic carbocycles. The summed E-state index contributed by atoms with van der Waals surface area (Å²) in [6.07, 6.45) is 0.394. The van der Waals surface area contributed by atoms with Crippen molar-refractivity contribution in [3.8, 4) is 5.75 Å². The van der Waals surface area contributed by atoms with Gasteiger partial charge < -0.3 is 10.1 Å². The van der Waals surface area contributed by atoms with E-state index in [4.69, 9.17) is 4.74 Å². The molecule has 2 amide bonds. The van der Waals surface area contributed by atoms with Crippen LogP contribution < -0.4 is 10.1 Å². The second-order valence-corrected chi connectivity index (χ2v) is 9.94. The van der Waals surface area contributed by atoms with Crippen LogP contribution in [0, 0.1) is 5.92 Å². The summed E-state index contributed by atoms with van der Waals surface area (Å²) in [6.45, 7) is 7.01. The van der Waals surface area contributed by atoms with Crippen molar-refractivity contribution in [3.05, 3.63) is 29.8 Å². The van der Waals surface area contributed by atoms with Gasteiger partial charge in [-0.2, -0.15) is 0 Å². The van der Waals surface area contributed by atoms with Crippen LogP contribution in [-0.2, 0) is 14.8 Å². The highest BCUT2D eigenvalue weighted by molar-refractivity contribution is 7.89. The lowest BCUT2D eigenvalue weighted by Gasteiger charge is -2.25. The van der Waals surface area contributed by atoms with E-state index in [1.54, 1.807) is 18.2 Å². The molecular weight excluding hydrogens is 394 g/mol. The van der Waals surface area contributed by atoms with E-state index in [0.29, 0.717) is 30.9 Å². The smallest absolute Gasteiger partial charge is 0.255 e. The number of rotatable bonds is 6. The summed E-state index contributed by atoms with van der Waals surface area (Å²) in [7, 11) is -3.60. The number of carbonyl (C=O) groups is 2. The first kappa shape index (κ1) is 21.6. The van der Waals surface area contributed by atoms with Crippen molar-refractivity contribution in [3.63, 3.8) is 0 Å². The predicted octanol–water partition coefficient (Wildman–Crippen LogP) is 1.09. The van der Waals surface area contributed by atoms with Gasteiger partial charge in [0.15, 0.2) is 0 Å². The molecule has 3 rings (SSSR count). The van der Waals surface area contributed by atoms with E-state index in [1.807, 2.05) is 31.7 Å². The largest absolute Gasteiger partial charge is 0.493 e. The normalized spacial score (nSPS) is 24.3. The highest BCUT2D eigenvalue weighted by Crippen LogP contribution is 2.26. The van der Waals surface area contributed by atoms with Crippen LogP contribution in [0.4, 0.5) is 0 Å². The standard InChI is InChI=1S/C20H29N3O5S/c1-4-28-18-8-6-5-7-16(18)19(24)21-15-11-17-20(25)23(12-14(2)3)29(26,27)10-9-22(17)13-15/h5-8,14-15,17H,4,9-13H2,1-3H3,(H,21,24)/t15-,17-/m0/s1. The molecule has 0 aromatic heterocycles. The van der Waals surface area contributed by atoms with Gasteiger partial charge in [0.2, 0.25) is 10.0 Å². The van der Waals surface area contributed by atoms with Gasteiger partial charge in [-0.1, -0.05) is 26.0 Å². The summed E-state index contributed by atoms with van der Waals surface area (Å²) in [5.74, 6) is -0.161. The average molecular weight is 424 g/mol. The van der Waals surface area contributed by atoms with Crippen molar-refractivity contribution in [2.45, 2.75) is 39.3 Å². The van der Waals surface area contributed by atoms with Crippen molar-refractivity contribution in [2.24, 2.45) is 5.92 Å². The Bertz CT molecular complexity index is 871. The lowest BCUT2D eigenvalue weighted by atomic mass is 10.1. The van der Waals surface area contributed by atoms with Crippen LogP contribution in [0.25, 0.3) is 0 Å². The fourth-order valence-corrected chi connectivity index (χ4v) is 5.50. The Balaban J connectivity index is 1.73. The molecule has 2 atom stereocenters. The van der Waals surface area contributed by atoms with Gasteiger partial charge in [-0.05, 0) is 31.4 Å². The van der Waals surface area contributed by atoms with Crippen LogP contribution in [0.1, 0.15) is 37.6 Å². The summed E-state index contributed by atoms with van der Waals surface area (Å²) in [5.41, 5.74) is 0.451. The molecule has 0 radical (unpaired) electrons. The minimum atomic E-state index is -3.60. The summed E-state index contributed by atoms with van der Waals surface area (Å²) in [6, 6.07) is 6.28. The third kappa shape index (κ3) is 4.72. The second kappa shape index (κ2) is 8.71. The van der Waals surface area contributed by atoms with Gasteiger partial charge in [0.1, 0.15) is 5.75 Å². The van der Waals surface area contributed by atoms with Gasteiger partial charge in [-0.15, -0.1) is 0 Å². The Morgan fingerprint density at radius 1 is 1.31 bits per heavy atom. The number of benzene rings is 1. The van der Waals surface area contributed by atoms with E-state index in [0.717, 1.165) is 4.31 Å². The van der Waals surface area contributed by atoms with Crippen molar-refractivity contribution in [1.82, 2.24) is 14.5 Å². The molecule has 0 unspecified atom stereocenters. The number of nitrogens with one attached hydrogen (secondary N) is 1. The number of hydrogen-bond acceptors (Lipinski definition) is 6. The zero-order valence-corrected chi connectivity index (χ0v) is 17.9. The topological polar surface area (TPSA) is 96.0 Å². The Morgan fingerprint density at radius 3 is 2.72 bits per heavy atom. The van der Waals surface area contributed by atoms with Crippen LogP contribution in [0.15, 0.2) is 24.3 Å². The molecule has 1 aromatic rings. The highest BCUT2D eigenvalue weighted by atomic mass is 32.2. The molecular formula is C20H29N3O5S. The first-order chi connectivity index (χ1) is 13.7. The molecule has 9 heteroatoms. The quantitative estimate of drug-likeness (QED) is 0.736. The van der Waals surface area contributed by atoms with Crippen molar-refractivity contribution in [1.29, 1.82) is 0 Å². The molecule has 2 heterocycles. The zero-order valence-electron chi connectivity index (χ0n) is 17.1. The molecule has 8 nitrogen and oxygen atoms in total. The Morgan fingerprint density at radius 2 is 2.03 bits per heavy atom. The number of ether oxygens (including phenoxy) is 1. The maximum Gasteiger partial charge on any atom is 0.255 e. The molecule has 0 spiro atoms. The number of para-hydroxylation sites is 1. The number of nitrogens with zero attached hydrogens (tertiary/aromatic N) is 2. The Labute approximate surface area is 172 Å². The number of fused-ring (bicyclic) bond motifs is 1. The van der Waals surface area contributed by atoms with Gasteiger partial charge in [-0.3, -0.25) is 14.5 Å². The van der Waals surface area contributed by atoms with Gasteiger partial charge in [0.25, 0.3) is 11.8 Å². The Kier molecular flexibility index (Phi) is 6.48. The summed E-state index contributed by atoms with van der Waals surface area (Å²) in [5, 5.41) is 2.99. The fourth-order valence-electron chi connectivity index (χ4n) is 3.89. The summed E-state index contributed by atoms with van der Waals surface area (Å²) < 4.78 is 31.6. The zero-order chi connectivity index (χ0) is 21.2. The molecule has 1 N–H and O–H groups in total. The molecule has 160 valence electrons. The maximum atomic E-state index is 13.0. The molecule has 2 aliphatic heterocycles. The number of hydrogen-bond donors (Lipinski definition) is 1. The first-order valence-electron chi connectivity index (χ1n) is 10.0. The Hall–Kier alpha value is -2.13. The summed E-state index contributed by atoms with van der Waals surface area (Å²) >= 11 is 0. The van der Waals surface area contributed by atoms with E-state index in [1.165, 1.54) is 0 Å². The molecule has 0 bridgehead atoms. The third-order valence-electron chi connectivity index (χ3n) is 5.20. The second-order valence-electron chi connectivity index (χ2n) is 7.93. The number of carbonyl (C=O) groups excluding carboxylic acids is 2. The molecule has 2 saturated heterocycles. The summed E-state index contributed by atoms with van der Waals surface area (Å²) in [4.78, 5) is 27.6. The minimum Gasteiger partial charge on any atom is -0.493 e. The maximum absolute atomic E-state index is 13.0. The van der Waals surface area contributed by atoms with Gasteiger partial charge >= 0.3 is 0 Å². The van der Waals surface area contributed by atoms with Crippen LogP contribution in [0.5, 0.6) is 5.75 Å². The monoisotopic (exact) mass is 423 g/mol. The van der Waals surface area contributed by atoms with Crippen LogP contribution in [-0.4, -0.2) is 73.5 Å². The highest BCUT2D eigenvalue weighted by Gasteiger charge is 2.45. The average Bonchev–Trinajstić information content (AvgIpc) is 3.04. The van der Waals surface area contributed by atoms with E-state index < -0.39 is 16.1 Å². The van der Waals surface area contributed by atoms with E-state index in [-0.39, 0.29) is 42.6 Å². The molecule has 1 aromatic carbocycles. The minimum absolute atomic E-state index is 0.0484. The van der Waals surface area contributed by atoms with E-state index >= 15 is 0 Å². The van der Waals surface area contributed by atoms with Gasteiger partial charge in [-0.25, -0.2) is 12.7 Å². The predicted molar refractivity (Wildman–Crippen MR) is 109 cm³/mol. The van der Waals surface area contributed by atoms with Gasteiger partial charge in [0.05, 0.1) is 24.0 Å². The molecule has 2 aliphatic rings. The lowest BCUT2D eigenvalue weighted by Crippen LogP contribution is -2.45. The van der Waals surface area contributed by atoms with E-state index in [9.17, 15) is 18.0 Å². The molecule has 29 heavy (non-hydrogen) atoms. The fraction of sp³-hybridized carbons (Fsp3) is 0.600. The lowest BCUT2D eigenvalue weighted by molar-refractivity contribution is -0.130. The van der Waals surface area contributed by atoms with Gasteiger partial charge in [0, 0.05) is 25.7 Å². The third-order valence-corrected chi connectivity index (χ3v) is 6.90. The molecule has 0 saturated carbocycles. The van der Waals surface area contributed by atoms with Crippen molar-refractivity contribution in [2.75, 3.05) is 32.0 Å². The SMILES string of the molecule is CCOc1ccccc1C(=O)N[C@H]1C[C@H]2C(=O)N(CC(C)C)S(=O)(=O)CCN2C1. The molecule has 2 fully saturated rings. The first-order valence-corrected chi connectivity index (χ1v) is 11.6. The van der Waals surface area contributed by atoms with E-state index in [2.05, 4.69) is 5.32 Å². The van der Waals surface area contributed by atoms with Crippen LogP contribution >= 0.6 is 0 Å². The number of sulfonamides is 1. The van der Waals surface area contributed by atoms with Crippen molar-refractivity contribution >= 4 is 21.8 Å². The van der Waals surface area contributed by atoms with Crippen molar-refractivity contribution < 1.29 is 22.7 Å². The van der Waals surface area contributed by atoms with Crippen LogP contribution in [0.2, 0.25) is 0 Å².